The highest BCUT2D eigenvalue weighted by atomic mass is 16.5. The van der Waals surface area contributed by atoms with Crippen molar-refractivity contribution in [3.05, 3.63) is 23.8 Å². The Labute approximate surface area is 114 Å². The largest absolute Gasteiger partial charge is 0.378 e. The second-order valence-corrected chi connectivity index (χ2v) is 4.91. The number of aryl methyl sites for hydroxylation is 1. The van der Waals surface area contributed by atoms with Crippen LogP contribution in [0.25, 0.3) is 0 Å². The first kappa shape index (κ1) is 13.7. The van der Waals surface area contributed by atoms with Gasteiger partial charge in [-0.15, -0.1) is 0 Å². The van der Waals surface area contributed by atoms with Crippen LogP contribution >= 0.6 is 0 Å². The van der Waals surface area contributed by atoms with Gasteiger partial charge < -0.3 is 20.3 Å². The molecule has 0 aromatic heterocycles. The van der Waals surface area contributed by atoms with E-state index in [-0.39, 0.29) is 0 Å². The zero-order valence-electron chi connectivity index (χ0n) is 11.9. The summed E-state index contributed by atoms with van der Waals surface area (Å²) in [5.41, 5.74) is 9.23. The second kappa shape index (κ2) is 5.93. The molecule has 0 saturated carbocycles. The van der Waals surface area contributed by atoms with Crippen LogP contribution in [-0.4, -0.2) is 51.3 Å². The lowest BCUT2D eigenvalue weighted by molar-refractivity contribution is 0.122. The lowest BCUT2D eigenvalue weighted by Gasteiger charge is -2.31. The van der Waals surface area contributed by atoms with Crippen molar-refractivity contribution in [1.82, 2.24) is 4.90 Å². The summed E-state index contributed by atoms with van der Waals surface area (Å²) in [5.74, 6) is 0.514. The van der Waals surface area contributed by atoms with Gasteiger partial charge >= 0.3 is 0 Å². The van der Waals surface area contributed by atoms with Gasteiger partial charge in [-0.05, 0) is 18.6 Å². The average Bonchev–Trinajstić information content (AvgIpc) is 2.39. The van der Waals surface area contributed by atoms with E-state index < -0.39 is 0 Å². The molecule has 5 heteroatoms. The van der Waals surface area contributed by atoms with Gasteiger partial charge in [-0.3, -0.25) is 0 Å². The molecule has 0 bridgehead atoms. The van der Waals surface area contributed by atoms with Crippen LogP contribution in [-0.2, 0) is 4.74 Å². The van der Waals surface area contributed by atoms with E-state index in [2.05, 4.69) is 22.9 Å². The Bertz CT molecular complexity index is 465. The fraction of sp³-hybridized carbons (Fsp3) is 0.500. The maximum absolute atomic E-state index is 5.93. The van der Waals surface area contributed by atoms with E-state index in [0.29, 0.717) is 5.96 Å². The van der Waals surface area contributed by atoms with Crippen LogP contribution in [0.1, 0.15) is 5.56 Å². The van der Waals surface area contributed by atoms with Gasteiger partial charge in [0.05, 0.1) is 24.6 Å². The Morgan fingerprint density at radius 2 is 2.00 bits per heavy atom. The molecule has 104 valence electrons. The Kier molecular flexibility index (Phi) is 4.27. The first-order valence-electron chi connectivity index (χ1n) is 6.53. The third-order valence-corrected chi connectivity index (χ3v) is 3.24. The minimum absolute atomic E-state index is 0.514. The van der Waals surface area contributed by atoms with Gasteiger partial charge in [0.1, 0.15) is 0 Å². The molecule has 0 atom stereocenters. The molecule has 0 radical (unpaired) electrons. The zero-order chi connectivity index (χ0) is 13.8. The Balaban J connectivity index is 2.38. The predicted molar refractivity (Wildman–Crippen MR) is 79.2 cm³/mol. The van der Waals surface area contributed by atoms with E-state index in [0.717, 1.165) is 37.7 Å². The summed E-state index contributed by atoms with van der Waals surface area (Å²) in [4.78, 5) is 8.66. The Hall–Kier alpha value is -1.75. The highest BCUT2D eigenvalue weighted by Gasteiger charge is 2.16. The summed E-state index contributed by atoms with van der Waals surface area (Å²) in [6.07, 6.45) is 0. The van der Waals surface area contributed by atoms with Gasteiger partial charge in [0.25, 0.3) is 0 Å². The highest BCUT2D eigenvalue weighted by molar-refractivity contribution is 5.84. The normalized spacial score (nSPS) is 16.6. The molecule has 1 aromatic carbocycles. The molecule has 1 aromatic rings. The van der Waals surface area contributed by atoms with Gasteiger partial charge in [-0.25, -0.2) is 4.99 Å². The van der Waals surface area contributed by atoms with Gasteiger partial charge in [0.15, 0.2) is 5.96 Å². The second-order valence-electron chi connectivity index (χ2n) is 4.91. The molecule has 1 aliphatic heterocycles. The lowest BCUT2D eigenvalue weighted by Crippen LogP contribution is -2.37. The first-order valence-corrected chi connectivity index (χ1v) is 6.53. The number of hydrogen-bond acceptors (Lipinski definition) is 3. The number of morpholine rings is 1. The van der Waals surface area contributed by atoms with Crippen LogP contribution in [0.15, 0.2) is 23.2 Å². The van der Waals surface area contributed by atoms with Gasteiger partial charge in [-0.1, -0.05) is 12.1 Å². The van der Waals surface area contributed by atoms with E-state index in [1.54, 1.807) is 0 Å². The summed E-state index contributed by atoms with van der Waals surface area (Å²) in [7, 11) is 3.78. The van der Waals surface area contributed by atoms with E-state index in [1.165, 1.54) is 5.56 Å². The number of rotatable bonds is 2. The monoisotopic (exact) mass is 262 g/mol. The van der Waals surface area contributed by atoms with E-state index in [9.17, 15) is 0 Å². The Morgan fingerprint density at radius 3 is 2.63 bits per heavy atom. The van der Waals surface area contributed by atoms with Crippen LogP contribution in [0.4, 0.5) is 11.4 Å². The molecule has 1 saturated heterocycles. The quantitative estimate of drug-likeness (QED) is 0.645. The third-order valence-electron chi connectivity index (χ3n) is 3.24. The molecule has 0 spiro atoms. The van der Waals surface area contributed by atoms with Crippen LogP contribution in [0.5, 0.6) is 0 Å². The molecular weight excluding hydrogens is 240 g/mol. The van der Waals surface area contributed by atoms with Crippen molar-refractivity contribution in [2.75, 3.05) is 45.3 Å². The van der Waals surface area contributed by atoms with E-state index >= 15 is 0 Å². The zero-order valence-corrected chi connectivity index (χ0v) is 11.9. The van der Waals surface area contributed by atoms with Crippen LogP contribution in [0.3, 0.4) is 0 Å². The number of nitrogens with two attached hydrogens (primary N) is 1. The SMILES string of the molecule is Cc1cccc(N=C(N)N(C)C)c1N1CCOCC1. The number of hydrogen-bond donors (Lipinski definition) is 1. The molecule has 0 amide bonds. The van der Waals surface area contributed by atoms with Crippen molar-refractivity contribution >= 4 is 17.3 Å². The van der Waals surface area contributed by atoms with Crippen molar-refractivity contribution in [2.24, 2.45) is 10.7 Å². The topological polar surface area (TPSA) is 54.1 Å². The molecule has 19 heavy (non-hydrogen) atoms. The summed E-state index contributed by atoms with van der Waals surface area (Å²) < 4.78 is 5.41. The maximum atomic E-state index is 5.93. The summed E-state index contributed by atoms with van der Waals surface area (Å²) in [6.45, 7) is 5.43. The van der Waals surface area contributed by atoms with Crippen LogP contribution in [0, 0.1) is 6.92 Å². The number of ether oxygens (including phenoxy) is 1. The van der Waals surface area contributed by atoms with Gasteiger partial charge in [0.2, 0.25) is 0 Å². The molecule has 2 N–H and O–H groups in total. The van der Waals surface area contributed by atoms with E-state index in [1.807, 2.05) is 31.1 Å². The number of guanidine groups is 1. The number of para-hydroxylation sites is 1. The molecule has 1 aliphatic rings. The predicted octanol–water partition coefficient (Wildman–Crippen LogP) is 1.34. The molecule has 1 heterocycles. The van der Waals surface area contributed by atoms with Crippen molar-refractivity contribution in [3.8, 4) is 0 Å². The number of benzene rings is 1. The maximum Gasteiger partial charge on any atom is 0.196 e. The lowest BCUT2D eigenvalue weighted by atomic mass is 10.1. The van der Waals surface area contributed by atoms with Crippen LogP contribution in [0.2, 0.25) is 0 Å². The standard InChI is InChI=1S/C14H22N4O/c1-11-5-4-6-12(16-14(15)17(2)3)13(11)18-7-9-19-10-8-18/h4-6H,7-10H2,1-3H3,(H2,15,16). The molecule has 0 unspecified atom stereocenters. The summed E-state index contributed by atoms with van der Waals surface area (Å²) in [5, 5.41) is 0. The Morgan fingerprint density at radius 1 is 1.32 bits per heavy atom. The minimum Gasteiger partial charge on any atom is -0.378 e. The molecule has 1 fully saturated rings. The molecule has 2 rings (SSSR count). The van der Waals surface area contributed by atoms with Crippen molar-refractivity contribution < 1.29 is 4.74 Å². The number of anilines is 1. The van der Waals surface area contributed by atoms with Crippen molar-refractivity contribution in [1.29, 1.82) is 0 Å². The molecular formula is C14H22N4O. The fourth-order valence-corrected chi connectivity index (χ4v) is 2.16. The van der Waals surface area contributed by atoms with Crippen LogP contribution < -0.4 is 10.6 Å². The average molecular weight is 262 g/mol. The van der Waals surface area contributed by atoms with E-state index in [4.69, 9.17) is 10.5 Å². The summed E-state index contributed by atoms with van der Waals surface area (Å²) >= 11 is 0. The third kappa shape index (κ3) is 3.17. The van der Waals surface area contributed by atoms with Crippen molar-refractivity contribution in [2.45, 2.75) is 6.92 Å². The summed E-state index contributed by atoms with van der Waals surface area (Å²) in [6, 6.07) is 6.13. The van der Waals surface area contributed by atoms with Gasteiger partial charge in [0, 0.05) is 27.2 Å². The highest BCUT2D eigenvalue weighted by Crippen LogP contribution is 2.32. The molecule has 5 nitrogen and oxygen atoms in total. The van der Waals surface area contributed by atoms with Gasteiger partial charge in [-0.2, -0.15) is 0 Å². The number of nitrogens with zero attached hydrogens (tertiary/aromatic N) is 3. The first-order chi connectivity index (χ1) is 9.09. The fourth-order valence-electron chi connectivity index (χ4n) is 2.16. The smallest absolute Gasteiger partial charge is 0.196 e. The number of aliphatic imine (C=N–C) groups is 1. The molecule has 0 aliphatic carbocycles. The minimum atomic E-state index is 0.514. The van der Waals surface area contributed by atoms with Crippen molar-refractivity contribution in [3.63, 3.8) is 0 Å².